The number of hydrogen-bond acceptors (Lipinski definition) is 3. The highest BCUT2D eigenvalue weighted by atomic mass is 16.6. The van der Waals surface area contributed by atoms with Crippen LogP contribution in [-0.4, -0.2) is 16.8 Å². The van der Waals surface area contributed by atoms with Crippen molar-refractivity contribution in [3.05, 3.63) is 60.2 Å². The zero-order valence-electron chi connectivity index (χ0n) is 14.1. The van der Waals surface area contributed by atoms with Crippen LogP contribution in [0.3, 0.4) is 0 Å². The number of ether oxygens (including phenoxy) is 1. The minimum Gasteiger partial charge on any atom is -0.410 e. The molecular formula is C19H23NO3. The second-order valence-corrected chi connectivity index (χ2v) is 6.73. The summed E-state index contributed by atoms with van der Waals surface area (Å²) in [5.74, 6) is 0.444. The van der Waals surface area contributed by atoms with Gasteiger partial charge in [-0.25, -0.2) is 4.79 Å². The zero-order chi connectivity index (χ0) is 17.0. The molecule has 1 aliphatic heterocycles. The summed E-state index contributed by atoms with van der Waals surface area (Å²) in [4.78, 5) is 25.6. The number of Topliss-reactive ketones (excluding diaryl/α,β-unsaturated/α-hetero) is 1. The van der Waals surface area contributed by atoms with Gasteiger partial charge >= 0.3 is 6.09 Å². The van der Waals surface area contributed by atoms with Crippen molar-refractivity contribution in [1.82, 2.24) is 4.90 Å². The smallest absolute Gasteiger partial charge is 0.410 e. The molecule has 0 aromatic rings. The van der Waals surface area contributed by atoms with Gasteiger partial charge in [0.05, 0.1) is 0 Å². The lowest BCUT2D eigenvalue weighted by Gasteiger charge is -2.33. The fraction of sp³-hybridized carbons (Fsp3) is 0.368. The Morgan fingerprint density at radius 1 is 1.26 bits per heavy atom. The molecule has 0 saturated carbocycles. The number of carbonyl (C=O) groups is 2. The van der Waals surface area contributed by atoms with Gasteiger partial charge in [-0.2, -0.15) is 0 Å². The zero-order valence-corrected chi connectivity index (χ0v) is 14.1. The molecule has 2 aliphatic rings. The van der Waals surface area contributed by atoms with E-state index < -0.39 is 6.09 Å². The van der Waals surface area contributed by atoms with Gasteiger partial charge in [0.15, 0.2) is 5.78 Å². The molecule has 1 amide bonds. The molecule has 0 spiro atoms. The molecule has 0 radical (unpaired) electrons. The van der Waals surface area contributed by atoms with Gasteiger partial charge in [0.25, 0.3) is 0 Å². The van der Waals surface area contributed by atoms with Crippen molar-refractivity contribution < 1.29 is 14.3 Å². The molecule has 4 heteroatoms. The predicted molar refractivity (Wildman–Crippen MR) is 90.1 cm³/mol. The van der Waals surface area contributed by atoms with Gasteiger partial charge in [0, 0.05) is 23.9 Å². The van der Waals surface area contributed by atoms with E-state index in [1.807, 2.05) is 30.4 Å². The van der Waals surface area contributed by atoms with E-state index in [9.17, 15) is 9.59 Å². The Bertz CT molecular complexity index is 642. The highest BCUT2D eigenvalue weighted by Crippen LogP contribution is 2.36. The number of amides is 1. The van der Waals surface area contributed by atoms with Crippen LogP contribution in [0.1, 0.15) is 34.1 Å². The molecule has 0 aromatic heterocycles. The average Bonchev–Trinajstić information content (AvgIpc) is 2.74. The molecule has 0 fully saturated rings. The summed E-state index contributed by atoms with van der Waals surface area (Å²) in [5.41, 5.74) is 0.520. The lowest BCUT2D eigenvalue weighted by molar-refractivity contribution is -0.114. The number of allylic oxidation sites excluding steroid dienone is 7. The topological polar surface area (TPSA) is 46.6 Å². The highest BCUT2D eigenvalue weighted by molar-refractivity contribution is 5.95. The van der Waals surface area contributed by atoms with E-state index in [0.717, 1.165) is 0 Å². The molecule has 0 aromatic carbocycles. The molecule has 0 N–H and O–H groups in total. The van der Waals surface area contributed by atoms with Crippen LogP contribution in [0, 0.1) is 11.3 Å². The van der Waals surface area contributed by atoms with Crippen LogP contribution < -0.4 is 0 Å². The summed E-state index contributed by atoms with van der Waals surface area (Å²) in [7, 11) is 0. The first-order valence-corrected chi connectivity index (χ1v) is 7.73. The first-order chi connectivity index (χ1) is 10.8. The maximum atomic E-state index is 12.3. The molecule has 1 atom stereocenters. The van der Waals surface area contributed by atoms with Crippen LogP contribution >= 0.6 is 0 Å². The van der Waals surface area contributed by atoms with Crippen LogP contribution in [-0.2, 0) is 9.53 Å². The first kappa shape index (κ1) is 17.0. The largest absolute Gasteiger partial charge is 0.423 e. The Morgan fingerprint density at radius 2 is 2.00 bits per heavy atom. The second-order valence-electron chi connectivity index (χ2n) is 6.73. The molecule has 1 heterocycles. The fourth-order valence-corrected chi connectivity index (χ4v) is 2.52. The third-order valence-corrected chi connectivity index (χ3v) is 3.77. The van der Waals surface area contributed by atoms with Gasteiger partial charge in [0.1, 0.15) is 5.76 Å². The standard InChI is InChI=1S/C19H23NO3/c1-14(21)16-13-20(12-11-17(16)19(2,3)4)18(22)23-15-9-7-5-6-8-10-15/h5-7,9-13,17H,8H2,1-4H3. The Morgan fingerprint density at radius 3 is 2.65 bits per heavy atom. The minimum absolute atomic E-state index is 0.0229. The number of ketones is 1. The maximum Gasteiger partial charge on any atom is 0.423 e. The Labute approximate surface area is 137 Å². The number of carbonyl (C=O) groups excluding carboxylic acids is 2. The predicted octanol–water partition coefficient (Wildman–Crippen LogP) is 4.49. The van der Waals surface area contributed by atoms with Crippen molar-refractivity contribution in [2.45, 2.75) is 34.1 Å². The average molecular weight is 313 g/mol. The summed E-state index contributed by atoms with van der Waals surface area (Å²) < 4.78 is 5.37. The quantitative estimate of drug-likeness (QED) is 0.754. The third-order valence-electron chi connectivity index (χ3n) is 3.77. The Kier molecular flexibility index (Phi) is 5.04. The van der Waals surface area contributed by atoms with Crippen molar-refractivity contribution in [2.24, 2.45) is 11.3 Å². The van der Waals surface area contributed by atoms with Crippen LogP contribution in [0.2, 0.25) is 0 Å². The van der Waals surface area contributed by atoms with Gasteiger partial charge in [-0.3, -0.25) is 9.69 Å². The molecule has 0 saturated heterocycles. The van der Waals surface area contributed by atoms with Crippen molar-refractivity contribution >= 4 is 11.9 Å². The van der Waals surface area contributed by atoms with E-state index in [0.29, 0.717) is 17.8 Å². The van der Waals surface area contributed by atoms with Gasteiger partial charge < -0.3 is 4.74 Å². The van der Waals surface area contributed by atoms with Gasteiger partial charge in [-0.05, 0) is 30.9 Å². The normalized spacial score (nSPS) is 20.7. The third kappa shape index (κ3) is 4.31. The van der Waals surface area contributed by atoms with E-state index in [4.69, 9.17) is 4.74 Å². The van der Waals surface area contributed by atoms with Crippen molar-refractivity contribution in [3.8, 4) is 0 Å². The Balaban J connectivity index is 2.16. The maximum absolute atomic E-state index is 12.3. The van der Waals surface area contributed by atoms with E-state index in [1.54, 1.807) is 18.5 Å². The summed E-state index contributed by atoms with van der Waals surface area (Å²) in [6.45, 7) is 7.73. The summed E-state index contributed by atoms with van der Waals surface area (Å²) in [6, 6.07) is 0. The summed E-state index contributed by atoms with van der Waals surface area (Å²) >= 11 is 0. The number of rotatable bonds is 2. The SMILES string of the molecule is CC(=O)C1=CN(C(=O)OC2=CCC=CC=C2)C=CC1C(C)(C)C. The molecule has 122 valence electrons. The second kappa shape index (κ2) is 6.82. The molecule has 2 rings (SSSR count). The highest BCUT2D eigenvalue weighted by Gasteiger charge is 2.32. The van der Waals surface area contributed by atoms with Gasteiger partial charge in [-0.1, -0.05) is 45.1 Å². The molecule has 23 heavy (non-hydrogen) atoms. The Hall–Kier alpha value is -2.36. The van der Waals surface area contributed by atoms with Gasteiger partial charge in [0.2, 0.25) is 0 Å². The van der Waals surface area contributed by atoms with Crippen molar-refractivity contribution in [3.63, 3.8) is 0 Å². The molecule has 1 aliphatic carbocycles. The molecule has 0 bridgehead atoms. The van der Waals surface area contributed by atoms with E-state index in [1.165, 1.54) is 11.8 Å². The molecular weight excluding hydrogens is 290 g/mol. The van der Waals surface area contributed by atoms with E-state index in [2.05, 4.69) is 20.8 Å². The monoisotopic (exact) mass is 313 g/mol. The minimum atomic E-state index is -0.523. The van der Waals surface area contributed by atoms with Crippen LogP contribution in [0.5, 0.6) is 0 Å². The van der Waals surface area contributed by atoms with Crippen LogP contribution in [0.15, 0.2) is 60.2 Å². The summed E-state index contributed by atoms with van der Waals surface area (Å²) in [6.07, 6.45) is 14.6. The van der Waals surface area contributed by atoms with E-state index in [-0.39, 0.29) is 17.1 Å². The van der Waals surface area contributed by atoms with E-state index >= 15 is 0 Å². The van der Waals surface area contributed by atoms with Crippen LogP contribution in [0.25, 0.3) is 0 Å². The van der Waals surface area contributed by atoms with Crippen molar-refractivity contribution in [1.29, 1.82) is 0 Å². The summed E-state index contributed by atoms with van der Waals surface area (Å²) in [5, 5.41) is 0. The molecule has 4 nitrogen and oxygen atoms in total. The lowest BCUT2D eigenvalue weighted by Crippen LogP contribution is -2.31. The van der Waals surface area contributed by atoms with Crippen LogP contribution in [0.4, 0.5) is 4.79 Å². The molecule has 1 unspecified atom stereocenters. The van der Waals surface area contributed by atoms with Gasteiger partial charge in [-0.15, -0.1) is 0 Å². The fourth-order valence-electron chi connectivity index (χ4n) is 2.52. The van der Waals surface area contributed by atoms with Crippen molar-refractivity contribution in [2.75, 3.05) is 0 Å². The number of nitrogens with zero attached hydrogens (tertiary/aromatic N) is 1. The lowest BCUT2D eigenvalue weighted by atomic mass is 9.74. The number of hydrogen-bond donors (Lipinski definition) is 0. The first-order valence-electron chi connectivity index (χ1n) is 7.73.